The van der Waals surface area contributed by atoms with E-state index in [1.54, 1.807) is 0 Å². The molecule has 0 aromatic heterocycles. The Bertz CT molecular complexity index is 437. The molecule has 0 N–H and O–H groups in total. The van der Waals surface area contributed by atoms with Gasteiger partial charge in [0.05, 0.1) is 6.42 Å². The molecule has 0 saturated carbocycles. The summed E-state index contributed by atoms with van der Waals surface area (Å²) in [5, 5.41) is 0. The maximum atomic E-state index is 12.1. The van der Waals surface area contributed by atoms with E-state index in [0.29, 0.717) is 6.42 Å². The van der Waals surface area contributed by atoms with Gasteiger partial charge in [-0.2, -0.15) is 0 Å². The van der Waals surface area contributed by atoms with E-state index >= 15 is 0 Å². The van der Waals surface area contributed by atoms with Crippen LogP contribution in [0, 0.1) is 13.8 Å². The highest BCUT2D eigenvalue weighted by Crippen LogP contribution is 2.21. The lowest BCUT2D eigenvalue weighted by molar-refractivity contribution is -0.130. The van der Waals surface area contributed by atoms with E-state index in [2.05, 4.69) is 32.9 Å². The molecule has 0 spiro atoms. The molecular formula is C15H21NO. The molecule has 0 radical (unpaired) electrons. The average Bonchev–Trinajstić information content (AvgIpc) is 2.42. The van der Waals surface area contributed by atoms with Crippen molar-refractivity contribution in [1.82, 2.24) is 4.90 Å². The summed E-state index contributed by atoms with van der Waals surface area (Å²) in [6.07, 6.45) is 2.62. The molecule has 1 aromatic rings. The molecular weight excluding hydrogens is 210 g/mol. The topological polar surface area (TPSA) is 20.3 Å². The van der Waals surface area contributed by atoms with Gasteiger partial charge in [-0.1, -0.05) is 19.1 Å². The van der Waals surface area contributed by atoms with Gasteiger partial charge in [0.15, 0.2) is 0 Å². The molecule has 1 heterocycles. The lowest BCUT2D eigenvalue weighted by atomic mass is 9.97. The molecule has 1 aliphatic heterocycles. The molecule has 0 atom stereocenters. The van der Waals surface area contributed by atoms with Gasteiger partial charge < -0.3 is 4.90 Å². The monoisotopic (exact) mass is 231 g/mol. The normalized spacial score (nSPS) is 15.7. The van der Waals surface area contributed by atoms with E-state index in [0.717, 1.165) is 25.9 Å². The predicted octanol–water partition coefficient (Wildman–Crippen LogP) is 2.64. The summed E-state index contributed by atoms with van der Waals surface area (Å²) in [4.78, 5) is 14.1. The molecule has 0 unspecified atom stereocenters. The second-order valence-electron chi connectivity index (χ2n) is 5.01. The van der Waals surface area contributed by atoms with Crippen LogP contribution in [0.4, 0.5) is 0 Å². The van der Waals surface area contributed by atoms with E-state index in [4.69, 9.17) is 0 Å². The summed E-state index contributed by atoms with van der Waals surface area (Å²) < 4.78 is 0. The van der Waals surface area contributed by atoms with Crippen molar-refractivity contribution in [2.24, 2.45) is 0 Å². The van der Waals surface area contributed by atoms with Crippen molar-refractivity contribution in [2.75, 3.05) is 13.1 Å². The van der Waals surface area contributed by atoms with Crippen LogP contribution in [-0.2, 0) is 17.6 Å². The minimum atomic E-state index is 0.286. The van der Waals surface area contributed by atoms with Crippen molar-refractivity contribution in [3.8, 4) is 0 Å². The van der Waals surface area contributed by atoms with Gasteiger partial charge in [-0.05, 0) is 48.9 Å². The zero-order valence-electron chi connectivity index (χ0n) is 11.0. The van der Waals surface area contributed by atoms with Gasteiger partial charge in [0.25, 0.3) is 0 Å². The summed E-state index contributed by atoms with van der Waals surface area (Å²) in [5.74, 6) is 0.286. The molecule has 1 aromatic carbocycles. The van der Waals surface area contributed by atoms with E-state index in [1.165, 1.54) is 22.3 Å². The van der Waals surface area contributed by atoms with Crippen LogP contribution in [0.15, 0.2) is 12.1 Å². The van der Waals surface area contributed by atoms with Gasteiger partial charge in [-0.3, -0.25) is 4.79 Å². The third-order valence-corrected chi connectivity index (χ3v) is 3.65. The second kappa shape index (κ2) is 4.91. The van der Waals surface area contributed by atoms with Crippen molar-refractivity contribution in [2.45, 2.75) is 40.0 Å². The highest BCUT2D eigenvalue weighted by atomic mass is 16.2. The summed E-state index contributed by atoms with van der Waals surface area (Å²) in [6.45, 7) is 8.16. The standard InChI is InChI=1S/C15H21NO/c1-4-6-16-7-5-13-8-11(2)12(3)9-14(13)10-15(16)17/h8-9H,4-7,10H2,1-3H3. The van der Waals surface area contributed by atoms with Gasteiger partial charge >= 0.3 is 0 Å². The Morgan fingerprint density at radius 1 is 1.18 bits per heavy atom. The van der Waals surface area contributed by atoms with Gasteiger partial charge in [0.2, 0.25) is 5.91 Å². The molecule has 0 fully saturated rings. The fourth-order valence-corrected chi connectivity index (χ4v) is 2.49. The largest absolute Gasteiger partial charge is 0.342 e. The first-order valence-electron chi connectivity index (χ1n) is 6.48. The molecule has 2 heteroatoms. The molecule has 2 rings (SSSR count). The van der Waals surface area contributed by atoms with Crippen LogP contribution in [0.1, 0.15) is 35.6 Å². The maximum Gasteiger partial charge on any atom is 0.227 e. The molecule has 0 saturated heterocycles. The van der Waals surface area contributed by atoms with Gasteiger partial charge in [-0.25, -0.2) is 0 Å². The average molecular weight is 231 g/mol. The molecule has 1 aliphatic rings. The fourth-order valence-electron chi connectivity index (χ4n) is 2.49. The van der Waals surface area contributed by atoms with Crippen LogP contribution in [0.25, 0.3) is 0 Å². The van der Waals surface area contributed by atoms with Crippen LogP contribution in [0.5, 0.6) is 0 Å². The quantitative estimate of drug-likeness (QED) is 0.766. The number of rotatable bonds is 2. The Hall–Kier alpha value is -1.31. The van der Waals surface area contributed by atoms with Crippen LogP contribution in [-0.4, -0.2) is 23.9 Å². The molecule has 17 heavy (non-hydrogen) atoms. The summed E-state index contributed by atoms with van der Waals surface area (Å²) >= 11 is 0. The summed E-state index contributed by atoms with van der Waals surface area (Å²) in [5.41, 5.74) is 5.22. The highest BCUT2D eigenvalue weighted by molar-refractivity contribution is 5.80. The molecule has 92 valence electrons. The first-order valence-corrected chi connectivity index (χ1v) is 6.48. The first kappa shape index (κ1) is 12.2. The van der Waals surface area contributed by atoms with Gasteiger partial charge in [0, 0.05) is 13.1 Å². The summed E-state index contributed by atoms with van der Waals surface area (Å²) in [6, 6.07) is 4.45. The van der Waals surface area contributed by atoms with E-state index < -0.39 is 0 Å². The zero-order chi connectivity index (χ0) is 12.4. The van der Waals surface area contributed by atoms with Crippen LogP contribution >= 0.6 is 0 Å². The van der Waals surface area contributed by atoms with Crippen molar-refractivity contribution in [1.29, 1.82) is 0 Å². The fraction of sp³-hybridized carbons (Fsp3) is 0.533. The molecule has 1 amide bonds. The number of fused-ring (bicyclic) bond motifs is 1. The zero-order valence-corrected chi connectivity index (χ0v) is 11.0. The Morgan fingerprint density at radius 2 is 1.82 bits per heavy atom. The van der Waals surface area contributed by atoms with Crippen LogP contribution < -0.4 is 0 Å². The Balaban J connectivity index is 2.28. The van der Waals surface area contributed by atoms with Crippen molar-refractivity contribution < 1.29 is 4.79 Å². The number of carbonyl (C=O) groups is 1. The third-order valence-electron chi connectivity index (χ3n) is 3.65. The number of aryl methyl sites for hydroxylation is 2. The van der Waals surface area contributed by atoms with Gasteiger partial charge in [0.1, 0.15) is 0 Å². The van der Waals surface area contributed by atoms with Crippen molar-refractivity contribution in [3.05, 3.63) is 34.4 Å². The lowest BCUT2D eigenvalue weighted by Crippen LogP contribution is -2.32. The van der Waals surface area contributed by atoms with E-state index in [1.807, 2.05) is 4.90 Å². The number of amides is 1. The molecule has 0 aliphatic carbocycles. The minimum Gasteiger partial charge on any atom is -0.342 e. The van der Waals surface area contributed by atoms with Crippen molar-refractivity contribution >= 4 is 5.91 Å². The second-order valence-corrected chi connectivity index (χ2v) is 5.01. The number of hydrogen-bond donors (Lipinski definition) is 0. The third kappa shape index (κ3) is 2.51. The minimum absolute atomic E-state index is 0.286. The predicted molar refractivity (Wildman–Crippen MR) is 70.2 cm³/mol. The number of benzene rings is 1. The van der Waals surface area contributed by atoms with E-state index in [-0.39, 0.29) is 5.91 Å². The van der Waals surface area contributed by atoms with Gasteiger partial charge in [-0.15, -0.1) is 0 Å². The smallest absolute Gasteiger partial charge is 0.227 e. The van der Waals surface area contributed by atoms with E-state index in [9.17, 15) is 4.79 Å². The number of nitrogens with zero attached hydrogens (tertiary/aromatic N) is 1. The Kier molecular flexibility index (Phi) is 3.51. The SMILES string of the molecule is CCCN1CCc2cc(C)c(C)cc2CC1=O. The molecule has 2 nitrogen and oxygen atoms in total. The van der Waals surface area contributed by atoms with Crippen LogP contribution in [0.3, 0.4) is 0 Å². The first-order chi connectivity index (χ1) is 8.11. The number of hydrogen-bond acceptors (Lipinski definition) is 1. The summed E-state index contributed by atoms with van der Waals surface area (Å²) in [7, 11) is 0. The Labute approximate surface area is 104 Å². The van der Waals surface area contributed by atoms with Crippen LogP contribution in [0.2, 0.25) is 0 Å². The number of carbonyl (C=O) groups excluding carboxylic acids is 1. The Morgan fingerprint density at radius 3 is 2.47 bits per heavy atom. The highest BCUT2D eigenvalue weighted by Gasteiger charge is 2.20. The lowest BCUT2D eigenvalue weighted by Gasteiger charge is -2.19. The molecule has 0 bridgehead atoms. The maximum absolute atomic E-state index is 12.1. The van der Waals surface area contributed by atoms with Crippen molar-refractivity contribution in [3.63, 3.8) is 0 Å².